The van der Waals surface area contributed by atoms with Crippen molar-refractivity contribution in [1.29, 1.82) is 0 Å². The highest BCUT2D eigenvalue weighted by Gasteiger charge is 2.61. The molecule has 8 heteroatoms. The van der Waals surface area contributed by atoms with E-state index in [1.54, 1.807) is 10.7 Å². The van der Waals surface area contributed by atoms with Gasteiger partial charge in [0, 0.05) is 43.8 Å². The third kappa shape index (κ3) is 3.38. The monoisotopic (exact) mass is 490 g/mol. The summed E-state index contributed by atoms with van der Waals surface area (Å²) in [5.74, 6) is -0.378. The summed E-state index contributed by atoms with van der Waals surface area (Å²) in [5.41, 5.74) is 1.96. The van der Waals surface area contributed by atoms with Gasteiger partial charge in [-0.3, -0.25) is 0 Å². The van der Waals surface area contributed by atoms with E-state index in [4.69, 9.17) is 0 Å². The lowest BCUT2D eigenvalue weighted by Crippen LogP contribution is -2.70. The molecule has 1 aliphatic heterocycles. The van der Waals surface area contributed by atoms with Crippen LogP contribution < -0.4 is 9.13 Å². The lowest BCUT2D eigenvalue weighted by atomic mass is 9.58. The maximum absolute atomic E-state index is 15.3. The number of aromatic nitrogens is 6. The standard InChI is InChI=1S/C28H32F2N6/c1-6-27(4)21-16-20(29)17-22(30)25(21)23-12-9-11-15-36(23)28(27,7-2)18-19(3)35-14-10-8-13-24(35)26-31-32-33-34(26)5/h8-17,19H,6-7,18H2,1-5H3/q+2. The summed E-state index contributed by atoms with van der Waals surface area (Å²) in [6.07, 6.45) is 6.35. The predicted molar refractivity (Wildman–Crippen MR) is 132 cm³/mol. The molecule has 0 radical (unpaired) electrons. The average Bonchev–Trinajstić information content (AvgIpc) is 3.31. The van der Waals surface area contributed by atoms with E-state index in [0.29, 0.717) is 11.4 Å². The molecule has 3 atom stereocenters. The Kier molecular flexibility index (Phi) is 5.93. The predicted octanol–water partition coefficient (Wildman–Crippen LogP) is 4.84. The van der Waals surface area contributed by atoms with E-state index in [-0.39, 0.29) is 6.04 Å². The molecule has 36 heavy (non-hydrogen) atoms. The van der Waals surface area contributed by atoms with Gasteiger partial charge in [0.25, 0.3) is 5.69 Å². The molecule has 4 heterocycles. The van der Waals surface area contributed by atoms with Gasteiger partial charge in [-0.25, -0.2) is 13.5 Å². The molecule has 0 N–H and O–H groups in total. The van der Waals surface area contributed by atoms with Crippen molar-refractivity contribution >= 4 is 0 Å². The van der Waals surface area contributed by atoms with Crippen LogP contribution in [-0.2, 0) is 18.0 Å². The average molecular weight is 491 g/mol. The van der Waals surface area contributed by atoms with Crippen molar-refractivity contribution in [2.75, 3.05) is 0 Å². The Balaban J connectivity index is 1.72. The third-order valence-electron chi connectivity index (χ3n) is 8.39. The Morgan fingerprint density at radius 1 is 1.00 bits per heavy atom. The number of benzene rings is 1. The maximum atomic E-state index is 15.3. The zero-order valence-corrected chi connectivity index (χ0v) is 21.4. The van der Waals surface area contributed by atoms with E-state index < -0.39 is 22.6 Å². The summed E-state index contributed by atoms with van der Waals surface area (Å²) in [6.45, 7) is 8.63. The normalized spacial score (nSPS) is 21.6. The van der Waals surface area contributed by atoms with Crippen molar-refractivity contribution in [2.24, 2.45) is 7.05 Å². The van der Waals surface area contributed by atoms with Gasteiger partial charge in [0.05, 0.1) is 17.4 Å². The maximum Gasteiger partial charge on any atom is 0.252 e. The molecule has 0 saturated heterocycles. The van der Waals surface area contributed by atoms with Crippen molar-refractivity contribution in [1.82, 2.24) is 20.2 Å². The van der Waals surface area contributed by atoms with E-state index in [9.17, 15) is 4.39 Å². The zero-order chi connectivity index (χ0) is 25.7. The number of aryl methyl sites for hydroxylation is 1. The molecule has 0 saturated carbocycles. The molecule has 0 amide bonds. The SMILES string of the molecule is CCC1(C)c2cc(F)cc(F)c2-c2cccc[n+]2C1(CC)CC(C)[n+]1ccccc1-c1nnnn1C. The first-order valence-electron chi connectivity index (χ1n) is 12.5. The van der Waals surface area contributed by atoms with Crippen molar-refractivity contribution < 1.29 is 17.9 Å². The van der Waals surface area contributed by atoms with Crippen LogP contribution in [0.15, 0.2) is 60.9 Å². The Labute approximate surface area is 210 Å². The highest BCUT2D eigenvalue weighted by atomic mass is 19.1. The first-order valence-corrected chi connectivity index (χ1v) is 12.5. The minimum absolute atomic E-state index is 0.0317. The fourth-order valence-electron chi connectivity index (χ4n) is 6.42. The second kappa shape index (κ2) is 8.84. The molecule has 0 spiro atoms. The number of nitrogens with zero attached hydrogens (tertiary/aromatic N) is 6. The van der Waals surface area contributed by atoms with E-state index in [1.165, 1.54) is 0 Å². The third-order valence-corrected chi connectivity index (χ3v) is 8.39. The summed E-state index contributed by atoms with van der Waals surface area (Å²) < 4.78 is 36.1. The largest absolute Gasteiger partial charge is 0.252 e. The fraction of sp³-hybridized carbons (Fsp3) is 0.393. The molecular formula is C28H32F2N6+2. The first kappa shape index (κ1) is 24.2. The number of hydrogen-bond donors (Lipinski definition) is 0. The lowest BCUT2D eigenvalue weighted by molar-refractivity contribution is -0.787. The van der Waals surface area contributed by atoms with E-state index in [2.05, 4.69) is 52.4 Å². The second-order valence-electron chi connectivity index (χ2n) is 10.0. The molecule has 1 aliphatic rings. The topological polar surface area (TPSA) is 51.4 Å². The van der Waals surface area contributed by atoms with Gasteiger partial charge < -0.3 is 0 Å². The van der Waals surface area contributed by atoms with Crippen LogP contribution in [0.5, 0.6) is 0 Å². The molecule has 5 rings (SSSR count). The first-order chi connectivity index (χ1) is 17.3. The quantitative estimate of drug-likeness (QED) is 0.364. The molecule has 3 aromatic heterocycles. The van der Waals surface area contributed by atoms with E-state index in [0.717, 1.165) is 42.3 Å². The number of fused-ring (bicyclic) bond motifs is 3. The lowest BCUT2D eigenvalue weighted by Gasteiger charge is -2.48. The van der Waals surface area contributed by atoms with Crippen LogP contribution in [0.25, 0.3) is 22.8 Å². The Morgan fingerprint density at radius 2 is 1.72 bits per heavy atom. The van der Waals surface area contributed by atoms with Crippen LogP contribution in [0, 0.1) is 11.6 Å². The van der Waals surface area contributed by atoms with Gasteiger partial charge in [0.1, 0.15) is 11.6 Å². The molecule has 4 aromatic rings. The van der Waals surface area contributed by atoms with Crippen LogP contribution in [0.2, 0.25) is 0 Å². The van der Waals surface area contributed by atoms with Crippen molar-refractivity contribution in [3.8, 4) is 22.8 Å². The van der Waals surface area contributed by atoms with Crippen LogP contribution in [0.1, 0.15) is 58.6 Å². The molecular weight excluding hydrogens is 458 g/mol. The van der Waals surface area contributed by atoms with Gasteiger partial charge in [-0.15, -0.1) is 5.10 Å². The second-order valence-corrected chi connectivity index (χ2v) is 10.0. The van der Waals surface area contributed by atoms with Gasteiger partial charge >= 0.3 is 0 Å². The summed E-state index contributed by atoms with van der Waals surface area (Å²) in [7, 11) is 1.83. The smallest absolute Gasteiger partial charge is 0.223 e. The van der Waals surface area contributed by atoms with E-state index in [1.807, 2.05) is 55.8 Å². The summed E-state index contributed by atoms with van der Waals surface area (Å²) in [6, 6.07) is 14.4. The summed E-state index contributed by atoms with van der Waals surface area (Å²) in [5, 5.41) is 12.1. The van der Waals surface area contributed by atoms with Crippen molar-refractivity contribution in [3.63, 3.8) is 0 Å². The zero-order valence-electron chi connectivity index (χ0n) is 21.4. The Bertz CT molecular complexity index is 1430. The van der Waals surface area contributed by atoms with Gasteiger partial charge in [0.2, 0.25) is 11.5 Å². The van der Waals surface area contributed by atoms with Crippen LogP contribution in [0.4, 0.5) is 8.78 Å². The molecule has 3 unspecified atom stereocenters. The number of halogens is 2. The fourth-order valence-corrected chi connectivity index (χ4v) is 6.42. The Hall–Kier alpha value is -3.55. The van der Waals surface area contributed by atoms with E-state index >= 15 is 4.39 Å². The highest BCUT2D eigenvalue weighted by molar-refractivity contribution is 5.66. The number of rotatable bonds is 6. The molecule has 0 fully saturated rings. The number of hydrogen-bond acceptors (Lipinski definition) is 3. The molecule has 0 aliphatic carbocycles. The Morgan fingerprint density at radius 3 is 2.39 bits per heavy atom. The molecule has 1 aromatic carbocycles. The molecule has 0 bridgehead atoms. The minimum atomic E-state index is -0.539. The number of tetrazole rings is 1. The van der Waals surface area contributed by atoms with Crippen LogP contribution >= 0.6 is 0 Å². The summed E-state index contributed by atoms with van der Waals surface area (Å²) >= 11 is 0. The summed E-state index contributed by atoms with van der Waals surface area (Å²) in [4.78, 5) is 0. The highest BCUT2D eigenvalue weighted by Crippen LogP contribution is 2.53. The molecule has 186 valence electrons. The minimum Gasteiger partial charge on any atom is -0.223 e. The van der Waals surface area contributed by atoms with Crippen molar-refractivity contribution in [2.45, 2.75) is 64.0 Å². The number of pyridine rings is 2. The van der Waals surface area contributed by atoms with Gasteiger partial charge in [-0.05, 0) is 54.5 Å². The molecule has 6 nitrogen and oxygen atoms in total. The van der Waals surface area contributed by atoms with Gasteiger partial charge in [-0.1, -0.05) is 13.8 Å². The van der Waals surface area contributed by atoms with Gasteiger partial charge in [-0.2, -0.15) is 9.13 Å². The van der Waals surface area contributed by atoms with Crippen LogP contribution in [-0.4, -0.2) is 20.2 Å². The van der Waals surface area contributed by atoms with Gasteiger partial charge in [0.15, 0.2) is 24.0 Å². The van der Waals surface area contributed by atoms with Crippen LogP contribution in [0.3, 0.4) is 0 Å². The van der Waals surface area contributed by atoms with Crippen molar-refractivity contribution in [3.05, 3.63) is 78.1 Å².